The van der Waals surface area contributed by atoms with Crippen LogP contribution in [0.5, 0.6) is 0 Å². The molecular weight excluding hydrogens is 222 g/mol. The molecule has 0 aliphatic heterocycles. The zero-order valence-corrected chi connectivity index (χ0v) is 9.95. The monoisotopic (exact) mass is 235 g/mol. The van der Waals surface area contributed by atoms with E-state index in [0.29, 0.717) is 5.71 Å². The molecule has 0 aliphatic rings. The molecular formula is C15H13N3. The van der Waals surface area contributed by atoms with Gasteiger partial charge in [-0.2, -0.15) is 0 Å². The molecule has 2 aromatic heterocycles. The zero-order chi connectivity index (χ0) is 12.8. The fourth-order valence-electron chi connectivity index (χ4n) is 1.56. The normalized spacial score (nSPS) is 11.0. The Balaban J connectivity index is 2.45. The van der Waals surface area contributed by atoms with Crippen LogP contribution in [0.1, 0.15) is 5.69 Å². The van der Waals surface area contributed by atoms with Gasteiger partial charge in [-0.3, -0.25) is 9.98 Å². The van der Waals surface area contributed by atoms with Crippen LogP contribution in [0.4, 0.5) is 0 Å². The van der Waals surface area contributed by atoms with E-state index in [0.717, 1.165) is 17.1 Å². The third-order valence-electron chi connectivity index (χ3n) is 2.36. The highest BCUT2D eigenvalue weighted by molar-refractivity contribution is 6.07. The molecule has 0 saturated heterocycles. The van der Waals surface area contributed by atoms with Crippen LogP contribution in [0.15, 0.2) is 73.0 Å². The summed E-state index contributed by atoms with van der Waals surface area (Å²) in [5, 5.41) is 0. The predicted octanol–water partition coefficient (Wildman–Crippen LogP) is 3.26. The molecule has 0 N–H and O–H groups in total. The lowest BCUT2D eigenvalue weighted by Crippen LogP contribution is -2.00. The first kappa shape index (κ1) is 11.9. The third kappa shape index (κ3) is 2.58. The molecule has 2 rings (SSSR count). The molecule has 0 unspecified atom stereocenters. The average Bonchev–Trinajstić information content (AvgIpc) is 2.46. The molecule has 0 fully saturated rings. The van der Waals surface area contributed by atoms with Gasteiger partial charge in [0.25, 0.3) is 0 Å². The predicted molar refractivity (Wildman–Crippen MR) is 74.4 cm³/mol. The number of nitrogens with zero attached hydrogens (tertiary/aromatic N) is 3. The molecule has 0 aromatic carbocycles. The molecule has 2 heterocycles. The van der Waals surface area contributed by atoms with Crippen LogP contribution >= 0.6 is 0 Å². The number of rotatable bonds is 4. The second-order valence-electron chi connectivity index (χ2n) is 3.52. The maximum Gasteiger partial charge on any atom is 0.0894 e. The molecule has 3 nitrogen and oxygen atoms in total. The van der Waals surface area contributed by atoms with Crippen LogP contribution in [0, 0.1) is 0 Å². The van der Waals surface area contributed by atoms with Gasteiger partial charge < -0.3 is 0 Å². The first-order valence-electron chi connectivity index (χ1n) is 5.55. The van der Waals surface area contributed by atoms with Gasteiger partial charge in [-0.25, -0.2) is 4.98 Å². The lowest BCUT2D eigenvalue weighted by atomic mass is 10.2. The molecule has 0 atom stereocenters. The maximum absolute atomic E-state index is 4.52. The van der Waals surface area contributed by atoms with Gasteiger partial charge in [-0.1, -0.05) is 25.3 Å². The van der Waals surface area contributed by atoms with Gasteiger partial charge in [0, 0.05) is 12.4 Å². The second kappa shape index (κ2) is 5.68. The Morgan fingerprint density at radius 2 is 1.89 bits per heavy atom. The highest BCUT2D eigenvalue weighted by atomic mass is 14.8. The summed E-state index contributed by atoms with van der Waals surface area (Å²) in [5.74, 6) is 0. The van der Waals surface area contributed by atoms with Crippen molar-refractivity contribution in [2.45, 2.75) is 0 Å². The van der Waals surface area contributed by atoms with Gasteiger partial charge in [-0.05, 0) is 30.3 Å². The first-order valence-corrected chi connectivity index (χ1v) is 5.55. The van der Waals surface area contributed by atoms with E-state index in [1.807, 2.05) is 36.4 Å². The number of allylic oxidation sites excluding steroid dienone is 1. The summed E-state index contributed by atoms with van der Waals surface area (Å²) in [6, 6.07) is 11.5. The van der Waals surface area contributed by atoms with Crippen molar-refractivity contribution in [3.63, 3.8) is 0 Å². The van der Waals surface area contributed by atoms with Crippen molar-refractivity contribution in [3.05, 3.63) is 73.7 Å². The second-order valence-corrected chi connectivity index (χ2v) is 3.52. The Hall–Kier alpha value is -2.55. The van der Waals surface area contributed by atoms with Gasteiger partial charge in [0.15, 0.2) is 0 Å². The van der Waals surface area contributed by atoms with Crippen LogP contribution in [0.25, 0.3) is 11.4 Å². The Kier molecular flexibility index (Phi) is 3.76. The Morgan fingerprint density at radius 3 is 2.56 bits per heavy atom. The Bertz CT molecular complexity index is 586. The topological polar surface area (TPSA) is 38.1 Å². The number of hydrogen-bond donors (Lipinski definition) is 0. The highest BCUT2D eigenvalue weighted by Crippen LogP contribution is 2.14. The Labute approximate surface area is 106 Å². The molecule has 2 aromatic rings. The average molecular weight is 235 g/mol. The van der Waals surface area contributed by atoms with Crippen molar-refractivity contribution in [2.24, 2.45) is 4.99 Å². The molecule has 0 aliphatic carbocycles. The quantitative estimate of drug-likeness (QED) is 0.763. The van der Waals surface area contributed by atoms with Crippen molar-refractivity contribution in [2.75, 3.05) is 0 Å². The fraction of sp³-hybridized carbons (Fsp3) is 0. The summed E-state index contributed by atoms with van der Waals surface area (Å²) < 4.78 is 0. The summed E-state index contributed by atoms with van der Waals surface area (Å²) in [6.45, 7) is 7.30. The van der Waals surface area contributed by atoms with Crippen LogP contribution in [-0.4, -0.2) is 15.7 Å². The smallest absolute Gasteiger partial charge is 0.0894 e. The summed E-state index contributed by atoms with van der Waals surface area (Å²) in [4.78, 5) is 12.9. The van der Waals surface area contributed by atoms with E-state index in [2.05, 4.69) is 28.1 Å². The lowest BCUT2D eigenvalue weighted by Gasteiger charge is -2.03. The van der Waals surface area contributed by atoms with E-state index in [4.69, 9.17) is 0 Å². The van der Waals surface area contributed by atoms with Crippen molar-refractivity contribution in [3.8, 4) is 11.4 Å². The van der Waals surface area contributed by atoms with Crippen molar-refractivity contribution >= 4 is 5.71 Å². The van der Waals surface area contributed by atoms with Gasteiger partial charge >= 0.3 is 0 Å². The molecule has 0 saturated carbocycles. The highest BCUT2D eigenvalue weighted by Gasteiger charge is 2.04. The van der Waals surface area contributed by atoms with Crippen LogP contribution in [0.2, 0.25) is 0 Å². The van der Waals surface area contributed by atoms with E-state index in [-0.39, 0.29) is 0 Å². The molecule has 0 radical (unpaired) electrons. The minimum absolute atomic E-state index is 0.697. The van der Waals surface area contributed by atoms with E-state index in [1.54, 1.807) is 12.3 Å². The molecule has 0 bridgehead atoms. The lowest BCUT2D eigenvalue weighted by molar-refractivity contribution is 1.23. The maximum atomic E-state index is 4.52. The number of hydrogen-bond acceptors (Lipinski definition) is 3. The first-order chi connectivity index (χ1) is 8.85. The zero-order valence-electron chi connectivity index (χ0n) is 9.95. The van der Waals surface area contributed by atoms with Crippen LogP contribution in [-0.2, 0) is 0 Å². The summed E-state index contributed by atoms with van der Waals surface area (Å²) in [6.07, 6.45) is 4.88. The largest absolute Gasteiger partial charge is 0.255 e. The van der Waals surface area contributed by atoms with Crippen molar-refractivity contribution in [1.82, 2.24) is 9.97 Å². The van der Waals surface area contributed by atoms with E-state index in [1.165, 1.54) is 6.20 Å². The van der Waals surface area contributed by atoms with Crippen molar-refractivity contribution in [1.29, 1.82) is 0 Å². The number of aromatic nitrogens is 2. The minimum Gasteiger partial charge on any atom is -0.255 e. The standard InChI is InChI=1S/C15H13N3/c1-3-12(16-4-2)14-9-7-10-15(18-14)13-8-5-6-11-17-13/h3-11H,1-2H2. The fourth-order valence-corrected chi connectivity index (χ4v) is 1.56. The summed E-state index contributed by atoms with van der Waals surface area (Å²) in [7, 11) is 0. The van der Waals surface area contributed by atoms with Gasteiger partial charge in [0.05, 0.1) is 22.8 Å². The molecule has 88 valence electrons. The molecule has 0 spiro atoms. The van der Waals surface area contributed by atoms with Crippen LogP contribution in [0.3, 0.4) is 0 Å². The summed E-state index contributed by atoms with van der Waals surface area (Å²) in [5.41, 5.74) is 3.10. The van der Waals surface area contributed by atoms with Gasteiger partial charge in [0.2, 0.25) is 0 Å². The minimum atomic E-state index is 0.697. The third-order valence-corrected chi connectivity index (χ3v) is 2.36. The SMILES string of the molecule is C=CN=C(C=C)c1cccc(-c2ccccn2)n1. The van der Waals surface area contributed by atoms with E-state index in [9.17, 15) is 0 Å². The van der Waals surface area contributed by atoms with Gasteiger partial charge in [0.1, 0.15) is 0 Å². The summed E-state index contributed by atoms with van der Waals surface area (Å²) >= 11 is 0. The molecule has 0 amide bonds. The van der Waals surface area contributed by atoms with Crippen LogP contribution < -0.4 is 0 Å². The molecule has 3 heteroatoms. The Morgan fingerprint density at radius 1 is 1.06 bits per heavy atom. The van der Waals surface area contributed by atoms with E-state index >= 15 is 0 Å². The van der Waals surface area contributed by atoms with E-state index < -0.39 is 0 Å². The molecule has 18 heavy (non-hydrogen) atoms. The van der Waals surface area contributed by atoms with Crippen molar-refractivity contribution < 1.29 is 0 Å². The van der Waals surface area contributed by atoms with Gasteiger partial charge in [-0.15, -0.1) is 0 Å². The number of pyridine rings is 2. The number of aliphatic imine (C=N–C) groups is 1.